The number of morpholine rings is 1. The first kappa shape index (κ1) is 18.3. The molecule has 1 fully saturated rings. The summed E-state index contributed by atoms with van der Waals surface area (Å²) in [7, 11) is 1.63. The van der Waals surface area contributed by atoms with E-state index in [1.54, 1.807) is 13.4 Å². The van der Waals surface area contributed by atoms with E-state index in [1.807, 2.05) is 36.4 Å². The molecule has 2 N–H and O–H groups in total. The van der Waals surface area contributed by atoms with E-state index in [4.69, 9.17) is 13.9 Å². The molecule has 140 valence electrons. The van der Waals surface area contributed by atoms with E-state index in [9.17, 15) is 4.79 Å². The van der Waals surface area contributed by atoms with Gasteiger partial charge in [-0.25, -0.2) is 4.79 Å². The van der Waals surface area contributed by atoms with Gasteiger partial charge in [0, 0.05) is 26.2 Å². The van der Waals surface area contributed by atoms with Gasteiger partial charge >= 0.3 is 6.03 Å². The summed E-state index contributed by atoms with van der Waals surface area (Å²) in [5.74, 6) is 1.65. The number of carbonyl (C=O) groups is 1. The molecule has 0 saturated carbocycles. The molecule has 3 rings (SSSR count). The summed E-state index contributed by atoms with van der Waals surface area (Å²) >= 11 is 0. The Morgan fingerprint density at radius 3 is 2.62 bits per heavy atom. The van der Waals surface area contributed by atoms with Crippen LogP contribution in [0.2, 0.25) is 0 Å². The number of ether oxygens (including phenoxy) is 2. The summed E-state index contributed by atoms with van der Waals surface area (Å²) in [6.45, 7) is 3.96. The first-order valence-corrected chi connectivity index (χ1v) is 8.76. The fourth-order valence-electron chi connectivity index (χ4n) is 2.96. The van der Waals surface area contributed by atoms with Crippen molar-refractivity contribution in [1.29, 1.82) is 0 Å². The SMILES string of the molecule is COc1ccc(CNC(=O)NCC(c2ccco2)N2CCOCC2)cc1. The molecule has 1 aliphatic rings. The zero-order chi connectivity index (χ0) is 18.2. The summed E-state index contributed by atoms with van der Waals surface area (Å²) in [4.78, 5) is 14.4. The van der Waals surface area contributed by atoms with E-state index in [0.29, 0.717) is 26.3 Å². The zero-order valence-corrected chi connectivity index (χ0v) is 14.9. The van der Waals surface area contributed by atoms with Crippen LogP contribution in [0.5, 0.6) is 5.75 Å². The average molecular weight is 359 g/mol. The van der Waals surface area contributed by atoms with Gasteiger partial charge in [0.15, 0.2) is 0 Å². The summed E-state index contributed by atoms with van der Waals surface area (Å²) in [5, 5.41) is 5.82. The van der Waals surface area contributed by atoms with Crippen molar-refractivity contribution in [2.24, 2.45) is 0 Å². The van der Waals surface area contributed by atoms with Crippen molar-refractivity contribution < 1.29 is 18.7 Å². The standard InChI is InChI=1S/C19H25N3O4/c1-24-16-6-4-15(5-7-16)13-20-19(23)21-14-17(18-3-2-10-26-18)22-8-11-25-12-9-22/h2-7,10,17H,8-9,11-14H2,1H3,(H2,20,21,23). The quantitative estimate of drug-likeness (QED) is 0.792. The minimum Gasteiger partial charge on any atom is -0.497 e. The van der Waals surface area contributed by atoms with E-state index in [1.165, 1.54) is 0 Å². The largest absolute Gasteiger partial charge is 0.497 e. The predicted molar refractivity (Wildman–Crippen MR) is 97.1 cm³/mol. The normalized spacial score (nSPS) is 16.0. The lowest BCUT2D eigenvalue weighted by Crippen LogP contribution is -2.45. The molecule has 1 saturated heterocycles. The fourth-order valence-corrected chi connectivity index (χ4v) is 2.96. The van der Waals surface area contributed by atoms with E-state index in [0.717, 1.165) is 30.2 Å². The van der Waals surface area contributed by atoms with Crippen LogP contribution in [-0.2, 0) is 11.3 Å². The maximum Gasteiger partial charge on any atom is 0.315 e. The van der Waals surface area contributed by atoms with Gasteiger partial charge < -0.3 is 24.5 Å². The number of amides is 2. The number of benzene rings is 1. The van der Waals surface area contributed by atoms with E-state index >= 15 is 0 Å². The maximum atomic E-state index is 12.2. The predicted octanol–water partition coefficient (Wildman–Crippen LogP) is 2.16. The number of hydrogen-bond acceptors (Lipinski definition) is 5. The number of rotatable bonds is 7. The van der Waals surface area contributed by atoms with Gasteiger partial charge in [-0.2, -0.15) is 0 Å². The van der Waals surface area contributed by atoms with Crippen molar-refractivity contribution in [3.63, 3.8) is 0 Å². The summed E-state index contributed by atoms with van der Waals surface area (Å²) in [6.07, 6.45) is 1.66. The van der Waals surface area contributed by atoms with Gasteiger partial charge in [0.2, 0.25) is 0 Å². The maximum absolute atomic E-state index is 12.2. The molecule has 0 aliphatic carbocycles. The lowest BCUT2D eigenvalue weighted by atomic mass is 10.1. The van der Waals surface area contributed by atoms with Crippen LogP contribution >= 0.6 is 0 Å². The lowest BCUT2D eigenvalue weighted by Gasteiger charge is -2.33. The summed E-state index contributed by atoms with van der Waals surface area (Å²) < 4.78 is 16.1. The van der Waals surface area contributed by atoms with Gasteiger partial charge in [-0.15, -0.1) is 0 Å². The Balaban J connectivity index is 1.50. The molecule has 0 radical (unpaired) electrons. The highest BCUT2D eigenvalue weighted by atomic mass is 16.5. The molecule has 1 unspecified atom stereocenters. The first-order chi connectivity index (χ1) is 12.8. The Bertz CT molecular complexity index is 667. The third-order valence-electron chi connectivity index (χ3n) is 4.43. The van der Waals surface area contributed by atoms with Crippen molar-refractivity contribution in [1.82, 2.24) is 15.5 Å². The van der Waals surface area contributed by atoms with Crippen LogP contribution in [0.3, 0.4) is 0 Å². The second kappa shape index (κ2) is 9.26. The van der Waals surface area contributed by atoms with Crippen LogP contribution in [-0.4, -0.2) is 50.9 Å². The highest BCUT2D eigenvalue weighted by Gasteiger charge is 2.25. The van der Waals surface area contributed by atoms with E-state index in [2.05, 4.69) is 15.5 Å². The Labute approximate surface area is 153 Å². The molecule has 2 aromatic rings. The monoisotopic (exact) mass is 359 g/mol. The molecule has 26 heavy (non-hydrogen) atoms. The molecular formula is C19H25N3O4. The Morgan fingerprint density at radius 2 is 1.96 bits per heavy atom. The molecule has 1 aromatic carbocycles. The van der Waals surface area contributed by atoms with Gasteiger partial charge in [0.1, 0.15) is 11.5 Å². The van der Waals surface area contributed by atoms with Gasteiger partial charge in [0.05, 0.1) is 32.6 Å². The highest BCUT2D eigenvalue weighted by molar-refractivity contribution is 5.73. The summed E-state index contributed by atoms with van der Waals surface area (Å²) in [6, 6.07) is 11.2. The van der Waals surface area contributed by atoms with Crippen LogP contribution in [0.25, 0.3) is 0 Å². The molecule has 0 bridgehead atoms. The molecule has 0 spiro atoms. The van der Waals surface area contributed by atoms with Crippen molar-refractivity contribution in [3.05, 3.63) is 54.0 Å². The summed E-state index contributed by atoms with van der Waals surface area (Å²) in [5.41, 5.74) is 1.01. The second-order valence-electron chi connectivity index (χ2n) is 6.09. The Morgan fingerprint density at radius 1 is 1.19 bits per heavy atom. The molecule has 1 atom stereocenters. The van der Waals surface area contributed by atoms with E-state index < -0.39 is 0 Å². The molecule has 2 amide bonds. The first-order valence-electron chi connectivity index (χ1n) is 8.76. The lowest BCUT2D eigenvalue weighted by molar-refractivity contribution is 0.0123. The van der Waals surface area contributed by atoms with Gasteiger partial charge in [-0.3, -0.25) is 4.90 Å². The van der Waals surface area contributed by atoms with Crippen molar-refractivity contribution in [2.45, 2.75) is 12.6 Å². The number of carbonyl (C=O) groups excluding carboxylic acids is 1. The van der Waals surface area contributed by atoms with Gasteiger partial charge in [-0.05, 0) is 29.8 Å². The molecule has 7 nitrogen and oxygen atoms in total. The Hall–Kier alpha value is -2.51. The zero-order valence-electron chi connectivity index (χ0n) is 14.9. The number of nitrogens with one attached hydrogen (secondary N) is 2. The molecule has 1 aliphatic heterocycles. The smallest absolute Gasteiger partial charge is 0.315 e. The third kappa shape index (κ3) is 5.00. The topological polar surface area (TPSA) is 76.0 Å². The van der Waals surface area contributed by atoms with Gasteiger partial charge in [0.25, 0.3) is 0 Å². The highest BCUT2D eigenvalue weighted by Crippen LogP contribution is 2.21. The van der Waals surface area contributed by atoms with Crippen molar-refractivity contribution in [2.75, 3.05) is 40.0 Å². The van der Waals surface area contributed by atoms with E-state index in [-0.39, 0.29) is 12.1 Å². The average Bonchev–Trinajstić information content (AvgIpc) is 3.22. The number of urea groups is 1. The number of nitrogens with zero attached hydrogens (tertiary/aromatic N) is 1. The minimum atomic E-state index is -0.203. The Kier molecular flexibility index (Phi) is 6.51. The molecular weight excluding hydrogens is 334 g/mol. The fraction of sp³-hybridized carbons (Fsp3) is 0.421. The number of methoxy groups -OCH3 is 1. The van der Waals surface area contributed by atoms with Gasteiger partial charge in [-0.1, -0.05) is 12.1 Å². The number of furan rings is 1. The van der Waals surface area contributed by atoms with Crippen molar-refractivity contribution >= 4 is 6.03 Å². The van der Waals surface area contributed by atoms with Crippen molar-refractivity contribution in [3.8, 4) is 5.75 Å². The minimum absolute atomic E-state index is 0.000589. The van der Waals surface area contributed by atoms with Crippen LogP contribution in [0.4, 0.5) is 4.79 Å². The number of hydrogen-bond donors (Lipinski definition) is 2. The third-order valence-corrected chi connectivity index (χ3v) is 4.43. The molecule has 2 heterocycles. The van der Waals surface area contributed by atoms with Crippen LogP contribution in [0.1, 0.15) is 17.4 Å². The molecule has 1 aromatic heterocycles. The van der Waals surface area contributed by atoms with Crippen LogP contribution < -0.4 is 15.4 Å². The van der Waals surface area contributed by atoms with Crippen LogP contribution in [0, 0.1) is 0 Å². The molecule has 7 heteroatoms. The van der Waals surface area contributed by atoms with Crippen LogP contribution in [0.15, 0.2) is 47.1 Å². The second-order valence-corrected chi connectivity index (χ2v) is 6.09.